The average Bonchev–Trinajstić information content (AvgIpc) is 3.07. The first-order chi connectivity index (χ1) is 11.3. The monoisotopic (exact) mass is 317 g/mol. The number of hydrogen-bond donors (Lipinski definition) is 2. The highest BCUT2D eigenvalue weighted by atomic mass is 19.1. The second kappa shape index (κ2) is 9.61. The summed E-state index contributed by atoms with van der Waals surface area (Å²) in [5.74, 6) is 0.615. The van der Waals surface area contributed by atoms with E-state index in [2.05, 4.69) is 20.7 Å². The van der Waals surface area contributed by atoms with Crippen LogP contribution in [0.15, 0.2) is 47.7 Å². The van der Waals surface area contributed by atoms with Gasteiger partial charge in [0, 0.05) is 38.6 Å². The van der Waals surface area contributed by atoms with Crippen LogP contribution in [0, 0.1) is 5.82 Å². The zero-order chi connectivity index (χ0) is 16.3. The van der Waals surface area contributed by atoms with Gasteiger partial charge < -0.3 is 10.6 Å². The molecule has 0 amide bonds. The molecule has 1 aromatic carbocycles. The summed E-state index contributed by atoms with van der Waals surface area (Å²) in [7, 11) is 0. The van der Waals surface area contributed by atoms with Crippen LogP contribution in [-0.2, 0) is 13.0 Å². The smallest absolute Gasteiger partial charge is 0.191 e. The Labute approximate surface area is 136 Å². The fraction of sp³-hybridized carbons (Fsp3) is 0.412. The van der Waals surface area contributed by atoms with E-state index in [9.17, 15) is 4.39 Å². The third kappa shape index (κ3) is 6.50. The van der Waals surface area contributed by atoms with Gasteiger partial charge in [-0.15, -0.1) is 0 Å². The SMILES string of the molecule is CCNC(=NCCCn1cccn1)NCCc1ccc(F)cc1. The van der Waals surface area contributed by atoms with Gasteiger partial charge in [-0.3, -0.25) is 9.67 Å². The lowest BCUT2D eigenvalue weighted by molar-refractivity contribution is 0.584. The first kappa shape index (κ1) is 17.0. The molecule has 0 aliphatic heterocycles. The molecule has 0 atom stereocenters. The van der Waals surface area contributed by atoms with Crippen molar-refractivity contribution in [1.82, 2.24) is 20.4 Å². The number of nitrogens with zero attached hydrogens (tertiary/aromatic N) is 3. The number of nitrogens with one attached hydrogen (secondary N) is 2. The van der Waals surface area contributed by atoms with Crippen LogP contribution in [0.1, 0.15) is 18.9 Å². The molecule has 1 heterocycles. The van der Waals surface area contributed by atoms with Crippen LogP contribution < -0.4 is 10.6 Å². The molecule has 5 nitrogen and oxygen atoms in total. The summed E-state index contributed by atoms with van der Waals surface area (Å²) < 4.78 is 14.8. The molecule has 0 bridgehead atoms. The second-order valence-corrected chi connectivity index (χ2v) is 5.19. The van der Waals surface area contributed by atoms with Crippen LogP contribution in [0.5, 0.6) is 0 Å². The minimum Gasteiger partial charge on any atom is -0.357 e. The number of aromatic nitrogens is 2. The van der Waals surface area contributed by atoms with Gasteiger partial charge in [0.05, 0.1) is 0 Å². The second-order valence-electron chi connectivity index (χ2n) is 5.19. The van der Waals surface area contributed by atoms with E-state index >= 15 is 0 Å². The van der Waals surface area contributed by atoms with Crippen LogP contribution in [-0.4, -0.2) is 35.4 Å². The Morgan fingerprint density at radius 1 is 1.26 bits per heavy atom. The van der Waals surface area contributed by atoms with Crippen molar-refractivity contribution in [3.05, 3.63) is 54.1 Å². The molecule has 124 valence electrons. The molecule has 0 saturated heterocycles. The third-order valence-corrected chi connectivity index (χ3v) is 3.34. The van der Waals surface area contributed by atoms with E-state index in [0.29, 0.717) is 0 Å². The topological polar surface area (TPSA) is 54.2 Å². The van der Waals surface area contributed by atoms with Gasteiger partial charge in [0.1, 0.15) is 5.82 Å². The van der Waals surface area contributed by atoms with E-state index in [4.69, 9.17) is 0 Å². The normalized spacial score (nSPS) is 11.5. The summed E-state index contributed by atoms with van der Waals surface area (Å²) in [5.41, 5.74) is 1.11. The first-order valence-corrected chi connectivity index (χ1v) is 8.02. The molecule has 0 aliphatic carbocycles. The molecule has 0 aliphatic rings. The van der Waals surface area contributed by atoms with Crippen molar-refractivity contribution in [2.45, 2.75) is 26.3 Å². The molecule has 0 unspecified atom stereocenters. The van der Waals surface area contributed by atoms with Crippen molar-refractivity contribution in [2.24, 2.45) is 4.99 Å². The molecule has 2 N–H and O–H groups in total. The van der Waals surface area contributed by atoms with Crippen LogP contribution >= 0.6 is 0 Å². The Kier molecular flexibility index (Phi) is 7.10. The fourth-order valence-corrected chi connectivity index (χ4v) is 2.17. The van der Waals surface area contributed by atoms with E-state index in [1.165, 1.54) is 12.1 Å². The number of guanidine groups is 1. The van der Waals surface area contributed by atoms with Crippen molar-refractivity contribution in [1.29, 1.82) is 0 Å². The average molecular weight is 317 g/mol. The molecule has 23 heavy (non-hydrogen) atoms. The van der Waals surface area contributed by atoms with E-state index in [-0.39, 0.29) is 5.82 Å². The number of aliphatic imine (C=N–C) groups is 1. The molecule has 2 aromatic rings. The summed E-state index contributed by atoms with van der Waals surface area (Å²) in [4.78, 5) is 4.55. The summed E-state index contributed by atoms with van der Waals surface area (Å²) in [6.45, 7) is 5.23. The van der Waals surface area contributed by atoms with E-state index < -0.39 is 0 Å². The maximum atomic E-state index is 12.9. The molecule has 2 rings (SSSR count). The third-order valence-electron chi connectivity index (χ3n) is 3.34. The Morgan fingerprint density at radius 2 is 2.09 bits per heavy atom. The van der Waals surface area contributed by atoms with Gasteiger partial charge in [0.15, 0.2) is 5.96 Å². The molecule has 0 radical (unpaired) electrons. The largest absolute Gasteiger partial charge is 0.357 e. The predicted octanol–water partition coefficient (Wildman–Crippen LogP) is 2.21. The number of rotatable bonds is 8. The molecule has 0 fully saturated rings. The molecule has 1 aromatic heterocycles. The number of halogens is 1. The van der Waals surface area contributed by atoms with E-state index in [1.54, 1.807) is 6.20 Å². The van der Waals surface area contributed by atoms with E-state index in [0.717, 1.165) is 50.5 Å². The van der Waals surface area contributed by atoms with Gasteiger partial charge in [-0.2, -0.15) is 5.10 Å². The fourth-order valence-electron chi connectivity index (χ4n) is 2.17. The van der Waals surface area contributed by atoms with Crippen molar-refractivity contribution in [2.75, 3.05) is 19.6 Å². The molecular formula is C17H24FN5. The number of benzene rings is 1. The Bertz CT molecular complexity index is 578. The first-order valence-electron chi connectivity index (χ1n) is 8.02. The quantitative estimate of drug-likeness (QED) is 0.446. The molecule has 6 heteroatoms. The van der Waals surface area contributed by atoms with Gasteiger partial charge in [-0.05, 0) is 43.5 Å². The van der Waals surface area contributed by atoms with Crippen molar-refractivity contribution in [3.8, 4) is 0 Å². The maximum Gasteiger partial charge on any atom is 0.191 e. The summed E-state index contributed by atoms with van der Waals surface area (Å²) in [6.07, 6.45) is 5.51. The van der Waals surface area contributed by atoms with Crippen molar-refractivity contribution in [3.63, 3.8) is 0 Å². The predicted molar refractivity (Wildman–Crippen MR) is 90.9 cm³/mol. The Morgan fingerprint density at radius 3 is 2.78 bits per heavy atom. The van der Waals surface area contributed by atoms with E-state index in [1.807, 2.05) is 36.0 Å². The molecule has 0 spiro atoms. The minimum atomic E-state index is -0.200. The van der Waals surface area contributed by atoms with Gasteiger partial charge in [0.25, 0.3) is 0 Å². The highest BCUT2D eigenvalue weighted by Gasteiger charge is 1.98. The van der Waals surface area contributed by atoms with Crippen LogP contribution in [0.25, 0.3) is 0 Å². The summed E-state index contributed by atoms with van der Waals surface area (Å²) in [6, 6.07) is 8.52. The maximum absolute atomic E-state index is 12.9. The zero-order valence-corrected chi connectivity index (χ0v) is 13.5. The summed E-state index contributed by atoms with van der Waals surface area (Å²) in [5, 5.41) is 10.7. The van der Waals surface area contributed by atoms with Crippen LogP contribution in [0.2, 0.25) is 0 Å². The highest BCUT2D eigenvalue weighted by molar-refractivity contribution is 5.79. The van der Waals surface area contributed by atoms with Gasteiger partial charge in [-0.1, -0.05) is 12.1 Å². The van der Waals surface area contributed by atoms with Crippen LogP contribution in [0.3, 0.4) is 0 Å². The lowest BCUT2D eigenvalue weighted by atomic mass is 10.1. The Hall–Kier alpha value is -2.37. The lowest BCUT2D eigenvalue weighted by Crippen LogP contribution is -2.38. The molecular weight excluding hydrogens is 293 g/mol. The highest BCUT2D eigenvalue weighted by Crippen LogP contribution is 2.02. The van der Waals surface area contributed by atoms with Gasteiger partial charge >= 0.3 is 0 Å². The minimum absolute atomic E-state index is 0.200. The Balaban J connectivity index is 1.71. The number of hydrogen-bond acceptors (Lipinski definition) is 2. The standard InChI is InChI=1S/C17H24FN5/c1-2-19-17(20-10-3-13-23-14-4-11-22-23)21-12-9-15-5-7-16(18)8-6-15/h4-8,11,14H,2-3,9-10,12-13H2,1H3,(H2,19,20,21). The van der Waals surface area contributed by atoms with Gasteiger partial charge in [0.2, 0.25) is 0 Å². The van der Waals surface area contributed by atoms with Gasteiger partial charge in [-0.25, -0.2) is 4.39 Å². The zero-order valence-electron chi connectivity index (χ0n) is 13.5. The van der Waals surface area contributed by atoms with Crippen LogP contribution in [0.4, 0.5) is 4.39 Å². The van der Waals surface area contributed by atoms with Crippen molar-refractivity contribution >= 4 is 5.96 Å². The van der Waals surface area contributed by atoms with Crippen molar-refractivity contribution < 1.29 is 4.39 Å². The number of aryl methyl sites for hydroxylation is 1. The lowest BCUT2D eigenvalue weighted by Gasteiger charge is -2.11. The summed E-state index contributed by atoms with van der Waals surface area (Å²) >= 11 is 0. The molecule has 0 saturated carbocycles.